The molecule has 0 aliphatic rings. The van der Waals surface area contributed by atoms with Crippen LogP contribution < -0.4 is 5.32 Å². The molecule has 1 aromatic carbocycles. The molecule has 0 radical (unpaired) electrons. The molecule has 0 spiro atoms. The lowest BCUT2D eigenvalue weighted by Crippen LogP contribution is -2.23. The van der Waals surface area contributed by atoms with Crippen molar-refractivity contribution in [2.24, 2.45) is 0 Å². The summed E-state index contributed by atoms with van der Waals surface area (Å²) in [6.07, 6.45) is 1.03. The van der Waals surface area contributed by atoms with Crippen LogP contribution in [0.5, 0.6) is 0 Å². The second-order valence-corrected chi connectivity index (χ2v) is 6.30. The molecular weight excluding hydrogens is 276 g/mol. The number of rotatable bonds is 5. The van der Waals surface area contributed by atoms with Gasteiger partial charge in [0.25, 0.3) is 0 Å². The van der Waals surface area contributed by atoms with Crippen LogP contribution in [0.4, 0.5) is 0 Å². The van der Waals surface area contributed by atoms with Crippen LogP contribution in [-0.2, 0) is 6.42 Å². The Bertz CT molecular complexity index is 719. The molecule has 0 saturated heterocycles. The number of hydrogen-bond donors (Lipinski definition) is 1. The third kappa shape index (κ3) is 3.14. The Morgan fingerprint density at radius 2 is 2.05 bits per heavy atom. The number of nitrogens with one attached hydrogen (secondary N) is 1. The Morgan fingerprint density at radius 3 is 2.81 bits per heavy atom. The van der Waals surface area contributed by atoms with Gasteiger partial charge in [0.15, 0.2) is 0 Å². The van der Waals surface area contributed by atoms with Crippen LogP contribution in [-0.4, -0.2) is 11.5 Å². The van der Waals surface area contributed by atoms with Gasteiger partial charge in [-0.3, -0.25) is 4.98 Å². The summed E-state index contributed by atoms with van der Waals surface area (Å²) in [6.45, 7) is 5.20. The summed E-state index contributed by atoms with van der Waals surface area (Å²) in [5.74, 6) is 0. The fourth-order valence-corrected chi connectivity index (χ4v) is 3.55. The Labute approximate surface area is 129 Å². The van der Waals surface area contributed by atoms with Gasteiger partial charge in [-0.15, -0.1) is 11.3 Å². The van der Waals surface area contributed by atoms with Crippen molar-refractivity contribution in [3.05, 3.63) is 64.0 Å². The molecule has 3 heteroatoms. The van der Waals surface area contributed by atoms with E-state index in [9.17, 15) is 0 Å². The summed E-state index contributed by atoms with van der Waals surface area (Å²) >= 11 is 1.83. The lowest BCUT2D eigenvalue weighted by Gasteiger charge is -2.20. The van der Waals surface area contributed by atoms with Gasteiger partial charge in [0, 0.05) is 28.4 Å². The van der Waals surface area contributed by atoms with Gasteiger partial charge >= 0.3 is 0 Å². The zero-order valence-electron chi connectivity index (χ0n) is 12.5. The Balaban J connectivity index is 2.05. The second kappa shape index (κ2) is 6.37. The molecule has 21 heavy (non-hydrogen) atoms. The molecule has 3 aromatic rings. The molecule has 0 saturated carbocycles. The predicted octanol–water partition coefficient (Wildman–Crippen LogP) is 4.50. The first-order chi connectivity index (χ1) is 10.3. The van der Waals surface area contributed by atoms with Crippen LogP contribution in [0.15, 0.2) is 47.8 Å². The zero-order chi connectivity index (χ0) is 14.7. The smallest absolute Gasteiger partial charge is 0.0708 e. The average Bonchev–Trinajstić information content (AvgIpc) is 2.99. The Hall–Kier alpha value is -1.71. The van der Waals surface area contributed by atoms with Crippen molar-refractivity contribution in [3.8, 4) is 0 Å². The third-order valence-corrected chi connectivity index (χ3v) is 4.59. The van der Waals surface area contributed by atoms with Crippen LogP contribution in [0.1, 0.15) is 29.1 Å². The summed E-state index contributed by atoms with van der Waals surface area (Å²) in [4.78, 5) is 6.07. The number of fused-ring (bicyclic) bond motifs is 1. The highest BCUT2D eigenvalue weighted by Gasteiger charge is 2.15. The molecule has 1 unspecified atom stereocenters. The van der Waals surface area contributed by atoms with E-state index >= 15 is 0 Å². The number of thiophene rings is 1. The maximum Gasteiger partial charge on any atom is 0.0708 e. The van der Waals surface area contributed by atoms with E-state index in [1.807, 2.05) is 11.3 Å². The standard InChI is InChI=1S/C18H20N2S/c1-3-19-18(12-14-7-6-10-21-14)16-11-13(2)20-17-9-5-4-8-15(16)17/h4-11,18-19H,3,12H2,1-2H3. The van der Waals surface area contributed by atoms with Gasteiger partial charge in [0.2, 0.25) is 0 Å². The van der Waals surface area contributed by atoms with Crippen LogP contribution in [0.25, 0.3) is 10.9 Å². The second-order valence-electron chi connectivity index (χ2n) is 5.26. The Kier molecular flexibility index (Phi) is 4.32. The molecule has 3 rings (SSSR count). The van der Waals surface area contributed by atoms with E-state index in [0.717, 1.165) is 24.2 Å². The maximum atomic E-state index is 4.65. The first-order valence-corrected chi connectivity index (χ1v) is 8.28. The van der Waals surface area contributed by atoms with Gasteiger partial charge in [-0.1, -0.05) is 31.2 Å². The minimum atomic E-state index is 0.334. The third-order valence-electron chi connectivity index (χ3n) is 3.69. The molecule has 0 amide bonds. The van der Waals surface area contributed by atoms with E-state index in [2.05, 4.69) is 72.0 Å². The minimum absolute atomic E-state index is 0.334. The van der Waals surface area contributed by atoms with E-state index in [-0.39, 0.29) is 0 Å². The minimum Gasteiger partial charge on any atom is -0.310 e. The molecule has 1 atom stereocenters. The Morgan fingerprint density at radius 1 is 1.19 bits per heavy atom. The molecule has 0 aliphatic heterocycles. The molecule has 0 bridgehead atoms. The molecule has 0 fully saturated rings. The summed E-state index contributed by atoms with van der Waals surface area (Å²) in [5.41, 5.74) is 3.52. The van der Waals surface area contributed by atoms with Gasteiger partial charge in [-0.2, -0.15) is 0 Å². The number of nitrogens with zero attached hydrogens (tertiary/aromatic N) is 1. The zero-order valence-corrected chi connectivity index (χ0v) is 13.3. The van der Waals surface area contributed by atoms with Gasteiger partial charge in [0.1, 0.15) is 0 Å². The van der Waals surface area contributed by atoms with Crippen molar-refractivity contribution in [3.63, 3.8) is 0 Å². The number of likely N-dealkylation sites (N-methyl/N-ethyl adjacent to an activating group) is 1. The van der Waals surface area contributed by atoms with E-state index < -0.39 is 0 Å². The van der Waals surface area contributed by atoms with Crippen molar-refractivity contribution in [2.45, 2.75) is 26.3 Å². The molecule has 1 N–H and O–H groups in total. The first kappa shape index (κ1) is 14.2. The number of hydrogen-bond acceptors (Lipinski definition) is 3. The van der Waals surface area contributed by atoms with Gasteiger partial charge in [-0.25, -0.2) is 0 Å². The average molecular weight is 296 g/mol. The monoisotopic (exact) mass is 296 g/mol. The largest absolute Gasteiger partial charge is 0.310 e. The van der Waals surface area contributed by atoms with E-state index in [1.165, 1.54) is 15.8 Å². The number of pyridine rings is 1. The van der Waals surface area contributed by atoms with Crippen LogP contribution in [0.3, 0.4) is 0 Å². The number of para-hydroxylation sites is 1. The lowest BCUT2D eigenvalue weighted by atomic mass is 9.98. The van der Waals surface area contributed by atoms with Crippen LogP contribution >= 0.6 is 11.3 Å². The van der Waals surface area contributed by atoms with Crippen molar-refractivity contribution >= 4 is 22.2 Å². The van der Waals surface area contributed by atoms with Crippen molar-refractivity contribution in [1.29, 1.82) is 0 Å². The van der Waals surface area contributed by atoms with E-state index in [0.29, 0.717) is 6.04 Å². The molecule has 2 nitrogen and oxygen atoms in total. The predicted molar refractivity (Wildman–Crippen MR) is 90.9 cm³/mol. The highest BCUT2D eigenvalue weighted by atomic mass is 32.1. The summed E-state index contributed by atoms with van der Waals surface area (Å²) < 4.78 is 0. The molecule has 2 aromatic heterocycles. The number of benzene rings is 1. The van der Waals surface area contributed by atoms with Gasteiger partial charge < -0.3 is 5.32 Å². The molecule has 2 heterocycles. The quantitative estimate of drug-likeness (QED) is 0.750. The van der Waals surface area contributed by atoms with Gasteiger partial charge in [-0.05, 0) is 42.6 Å². The first-order valence-electron chi connectivity index (χ1n) is 7.40. The lowest BCUT2D eigenvalue weighted by molar-refractivity contribution is 0.556. The topological polar surface area (TPSA) is 24.9 Å². The fourth-order valence-electron chi connectivity index (χ4n) is 2.80. The molecule has 108 valence electrons. The highest BCUT2D eigenvalue weighted by Crippen LogP contribution is 2.28. The van der Waals surface area contributed by atoms with Crippen molar-refractivity contribution in [1.82, 2.24) is 10.3 Å². The molecule has 0 aliphatic carbocycles. The van der Waals surface area contributed by atoms with E-state index in [4.69, 9.17) is 0 Å². The molecular formula is C18H20N2S. The van der Waals surface area contributed by atoms with Crippen LogP contribution in [0.2, 0.25) is 0 Å². The maximum absolute atomic E-state index is 4.65. The normalized spacial score (nSPS) is 12.7. The summed E-state index contributed by atoms with van der Waals surface area (Å²) in [6, 6.07) is 15.3. The van der Waals surface area contributed by atoms with Crippen LogP contribution in [0, 0.1) is 6.92 Å². The van der Waals surface area contributed by atoms with Gasteiger partial charge in [0.05, 0.1) is 5.52 Å². The highest BCUT2D eigenvalue weighted by molar-refractivity contribution is 7.09. The summed E-state index contributed by atoms with van der Waals surface area (Å²) in [7, 11) is 0. The number of aryl methyl sites for hydroxylation is 1. The fraction of sp³-hybridized carbons (Fsp3) is 0.278. The summed E-state index contributed by atoms with van der Waals surface area (Å²) in [5, 5.41) is 7.04. The number of aromatic nitrogens is 1. The van der Waals surface area contributed by atoms with Crippen molar-refractivity contribution in [2.75, 3.05) is 6.54 Å². The van der Waals surface area contributed by atoms with E-state index in [1.54, 1.807) is 0 Å². The van der Waals surface area contributed by atoms with Crippen molar-refractivity contribution < 1.29 is 0 Å². The SMILES string of the molecule is CCNC(Cc1cccs1)c1cc(C)nc2ccccc12.